The summed E-state index contributed by atoms with van der Waals surface area (Å²) >= 11 is 0. The first-order chi connectivity index (χ1) is 9.74. The summed E-state index contributed by atoms with van der Waals surface area (Å²) in [6, 6.07) is 7.33. The number of aliphatic hydroxyl groups excluding tert-OH is 1. The van der Waals surface area contributed by atoms with Crippen molar-refractivity contribution in [3.8, 4) is 11.8 Å². The molecule has 1 aromatic carbocycles. The van der Waals surface area contributed by atoms with Gasteiger partial charge in [-0.3, -0.25) is 4.79 Å². The van der Waals surface area contributed by atoms with Gasteiger partial charge in [-0.2, -0.15) is 0 Å². The van der Waals surface area contributed by atoms with Crippen molar-refractivity contribution in [2.75, 3.05) is 19.7 Å². The van der Waals surface area contributed by atoms with Gasteiger partial charge in [0.15, 0.2) is 0 Å². The molecule has 1 N–H and O–H groups in total. The molecule has 1 fully saturated rings. The number of aliphatic hydroxyl groups is 1. The van der Waals surface area contributed by atoms with E-state index in [1.54, 1.807) is 6.07 Å². The van der Waals surface area contributed by atoms with Crippen molar-refractivity contribution in [3.05, 3.63) is 35.4 Å². The SMILES string of the molecule is CCCC1CCN(C(=O)c2cccc(C#CCO)c2)C1. The molecule has 3 heteroatoms. The Morgan fingerprint density at radius 2 is 2.35 bits per heavy atom. The molecule has 20 heavy (non-hydrogen) atoms. The van der Waals surface area contributed by atoms with Crippen molar-refractivity contribution >= 4 is 5.91 Å². The molecule has 1 saturated heterocycles. The summed E-state index contributed by atoms with van der Waals surface area (Å²) in [5.41, 5.74) is 1.46. The van der Waals surface area contributed by atoms with E-state index in [0.717, 1.165) is 25.1 Å². The molecule has 106 valence electrons. The van der Waals surface area contributed by atoms with Crippen LogP contribution in [0.25, 0.3) is 0 Å². The zero-order valence-electron chi connectivity index (χ0n) is 11.9. The van der Waals surface area contributed by atoms with E-state index in [2.05, 4.69) is 18.8 Å². The van der Waals surface area contributed by atoms with Gasteiger partial charge in [0.05, 0.1) is 0 Å². The van der Waals surface area contributed by atoms with Crippen molar-refractivity contribution in [1.29, 1.82) is 0 Å². The summed E-state index contributed by atoms with van der Waals surface area (Å²) in [4.78, 5) is 14.4. The smallest absolute Gasteiger partial charge is 0.253 e. The quantitative estimate of drug-likeness (QED) is 0.857. The van der Waals surface area contributed by atoms with Crippen LogP contribution in [0.5, 0.6) is 0 Å². The van der Waals surface area contributed by atoms with E-state index < -0.39 is 0 Å². The number of hydrogen-bond acceptors (Lipinski definition) is 2. The molecule has 0 saturated carbocycles. The Bertz CT molecular complexity index is 527. The Labute approximate surface area is 120 Å². The van der Waals surface area contributed by atoms with Crippen LogP contribution in [0, 0.1) is 17.8 Å². The summed E-state index contributed by atoms with van der Waals surface area (Å²) in [6.45, 7) is 3.76. The van der Waals surface area contributed by atoms with Crippen LogP contribution in [-0.2, 0) is 0 Å². The molecule has 0 aromatic heterocycles. The van der Waals surface area contributed by atoms with E-state index >= 15 is 0 Å². The van der Waals surface area contributed by atoms with Crippen molar-refractivity contribution < 1.29 is 9.90 Å². The molecule has 1 heterocycles. The topological polar surface area (TPSA) is 40.5 Å². The number of likely N-dealkylation sites (tertiary alicyclic amines) is 1. The zero-order chi connectivity index (χ0) is 14.4. The summed E-state index contributed by atoms with van der Waals surface area (Å²) < 4.78 is 0. The molecule has 0 aliphatic carbocycles. The second kappa shape index (κ2) is 7.12. The molecule has 1 aliphatic rings. The second-order valence-electron chi connectivity index (χ2n) is 5.24. The average Bonchev–Trinajstić information content (AvgIpc) is 2.93. The van der Waals surface area contributed by atoms with Crippen LogP contribution in [0.3, 0.4) is 0 Å². The maximum Gasteiger partial charge on any atom is 0.253 e. The van der Waals surface area contributed by atoms with Gasteiger partial charge >= 0.3 is 0 Å². The first-order valence-electron chi connectivity index (χ1n) is 7.23. The highest BCUT2D eigenvalue weighted by atomic mass is 16.2. The fourth-order valence-corrected chi connectivity index (χ4v) is 2.72. The normalized spacial score (nSPS) is 17.7. The molecule has 0 spiro atoms. The maximum atomic E-state index is 12.5. The van der Waals surface area contributed by atoms with E-state index in [-0.39, 0.29) is 12.5 Å². The summed E-state index contributed by atoms with van der Waals surface area (Å²) in [6.07, 6.45) is 3.49. The fourth-order valence-electron chi connectivity index (χ4n) is 2.72. The number of amides is 1. The molecule has 0 radical (unpaired) electrons. The lowest BCUT2D eigenvalue weighted by molar-refractivity contribution is 0.0786. The number of carbonyl (C=O) groups excluding carboxylic acids is 1. The van der Waals surface area contributed by atoms with Gasteiger partial charge in [0.2, 0.25) is 0 Å². The first kappa shape index (κ1) is 14.6. The highest BCUT2D eigenvalue weighted by Crippen LogP contribution is 2.22. The third-order valence-corrected chi connectivity index (χ3v) is 3.69. The van der Waals surface area contributed by atoms with Gasteiger partial charge in [-0.25, -0.2) is 0 Å². The van der Waals surface area contributed by atoms with E-state index in [1.165, 1.54) is 12.8 Å². The molecule has 1 atom stereocenters. The van der Waals surface area contributed by atoms with E-state index in [9.17, 15) is 4.79 Å². The van der Waals surface area contributed by atoms with Crippen molar-refractivity contribution in [2.24, 2.45) is 5.92 Å². The number of carbonyl (C=O) groups is 1. The highest BCUT2D eigenvalue weighted by molar-refractivity contribution is 5.94. The number of nitrogens with zero attached hydrogens (tertiary/aromatic N) is 1. The van der Waals surface area contributed by atoms with Gasteiger partial charge in [-0.1, -0.05) is 31.3 Å². The summed E-state index contributed by atoms with van der Waals surface area (Å²) in [7, 11) is 0. The monoisotopic (exact) mass is 271 g/mol. The van der Waals surface area contributed by atoms with Gasteiger partial charge < -0.3 is 10.0 Å². The van der Waals surface area contributed by atoms with Crippen molar-refractivity contribution in [2.45, 2.75) is 26.2 Å². The third-order valence-electron chi connectivity index (χ3n) is 3.69. The molecule has 1 aromatic rings. The van der Waals surface area contributed by atoms with Gasteiger partial charge in [0, 0.05) is 24.2 Å². The largest absolute Gasteiger partial charge is 0.384 e. The predicted molar refractivity (Wildman–Crippen MR) is 79.3 cm³/mol. The summed E-state index contributed by atoms with van der Waals surface area (Å²) in [5, 5.41) is 8.71. The number of rotatable bonds is 3. The van der Waals surface area contributed by atoms with Crippen LogP contribution in [-0.4, -0.2) is 35.6 Å². The molecule has 1 amide bonds. The highest BCUT2D eigenvalue weighted by Gasteiger charge is 2.26. The van der Waals surface area contributed by atoms with Crippen molar-refractivity contribution in [3.63, 3.8) is 0 Å². The van der Waals surface area contributed by atoms with Crippen LogP contribution >= 0.6 is 0 Å². The first-order valence-corrected chi connectivity index (χ1v) is 7.23. The zero-order valence-corrected chi connectivity index (χ0v) is 11.9. The van der Waals surface area contributed by atoms with Crippen LogP contribution in [0.4, 0.5) is 0 Å². The van der Waals surface area contributed by atoms with E-state index in [4.69, 9.17) is 5.11 Å². The van der Waals surface area contributed by atoms with Gasteiger partial charge in [-0.15, -0.1) is 0 Å². The van der Waals surface area contributed by atoms with Crippen LogP contribution < -0.4 is 0 Å². The lowest BCUT2D eigenvalue weighted by Gasteiger charge is -2.16. The Balaban J connectivity index is 2.06. The lowest BCUT2D eigenvalue weighted by Crippen LogP contribution is -2.28. The van der Waals surface area contributed by atoms with Gasteiger partial charge in [-0.05, 0) is 37.0 Å². The van der Waals surface area contributed by atoms with Crippen LogP contribution in [0.1, 0.15) is 42.1 Å². The lowest BCUT2D eigenvalue weighted by atomic mass is 10.0. The molecule has 1 unspecified atom stereocenters. The molecule has 1 aliphatic heterocycles. The van der Waals surface area contributed by atoms with Gasteiger partial charge in [0.25, 0.3) is 5.91 Å². The second-order valence-corrected chi connectivity index (χ2v) is 5.24. The fraction of sp³-hybridized carbons (Fsp3) is 0.471. The summed E-state index contributed by atoms with van der Waals surface area (Å²) in [5.74, 6) is 6.19. The molecular weight excluding hydrogens is 250 g/mol. The molecular formula is C17H21NO2. The molecule has 3 nitrogen and oxygen atoms in total. The maximum absolute atomic E-state index is 12.5. The van der Waals surface area contributed by atoms with Crippen LogP contribution in [0.2, 0.25) is 0 Å². The Morgan fingerprint density at radius 3 is 3.10 bits per heavy atom. The Kier molecular flexibility index (Phi) is 5.20. The van der Waals surface area contributed by atoms with Crippen LogP contribution in [0.15, 0.2) is 24.3 Å². The minimum absolute atomic E-state index is 0.0938. The van der Waals surface area contributed by atoms with Gasteiger partial charge in [0.1, 0.15) is 6.61 Å². The average molecular weight is 271 g/mol. The number of benzene rings is 1. The standard InChI is InChI=1S/C17H21NO2/c1-2-5-15-9-10-18(13-15)17(20)16-8-3-6-14(12-16)7-4-11-19/h3,6,8,12,15,19H,2,5,9-11,13H2,1H3. The Hall–Kier alpha value is -1.79. The number of hydrogen-bond donors (Lipinski definition) is 1. The van der Waals surface area contributed by atoms with Crippen molar-refractivity contribution in [1.82, 2.24) is 4.90 Å². The van der Waals surface area contributed by atoms with E-state index in [1.807, 2.05) is 23.1 Å². The van der Waals surface area contributed by atoms with E-state index in [0.29, 0.717) is 11.5 Å². The Morgan fingerprint density at radius 1 is 1.50 bits per heavy atom. The minimum Gasteiger partial charge on any atom is -0.384 e. The molecule has 2 rings (SSSR count). The predicted octanol–water partition coefficient (Wildman–Crippen LogP) is 2.29. The third kappa shape index (κ3) is 3.61. The minimum atomic E-state index is -0.164. The molecule has 0 bridgehead atoms.